The topological polar surface area (TPSA) is 95.9 Å². The molecular formula is C14H26N2O5. The van der Waals surface area contributed by atoms with Gasteiger partial charge >= 0.3 is 12.1 Å². The molecule has 0 saturated carbocycles. The van der Waals surface area contributed by atoms with Crippen molar-refractivity contribution in [3.63, 3.8) is 0 Å². The number of amides is 2. The summed E-state index contributed by atoms with van der Waals surface area (Å²) in [7, 11) is 1.42. The number of carboxylic acid groups (broad SMARTS) is 1. The standard InChI is InChI=1S/C14H26N2O5/c1-9(2)7-10(12(18)19)15-11(17)8-16(6)13(20)21-14(3,4)5/h9-10H,7-8H2,1-6H3,(H,15,17)(H,18,19)/t10-/m0/s1. The first kappa shape index (κ1) is 19.2. The van der Waals surface area contributed by atoms with Crippen LogP contribution in [0.5, 0.6) is 0 Å². The van der Waals surface area contributed by atoms with Gasteiger partial charge in [0.05, 0.1) is 0 Å². The summed E-state index contributed by atoms with van der Waals surface area (Å²) < 4.78 is 5.11. The van der Waals surface area contributed by atoms with Gasteiger partial charge in [-0.15, -0.1) is 0 Å². The van der Waals surface area contributed by atoms with E-state index < -0.39 is 29.6 Å². The number of hydrogen-bond donors (Lipinski definition) is 2. The Morgan fingerprint density at radius 2 is 1.76 bits per heavy atom. The fourth-order valence-electron chi connectivity index (χ4n) is 1.55. The van der Waals surface area contributed by atoms with Crippen LogP contribution < -0.4 is 5.32 Å². The number of rotatable bonds is 6. The van der Waals surface area contributed by atoms with Crippen LogP contribution in [0.3, 0.4) is 0 Å². The van der Waals surface area contributed by atoms with Crippen molar-refractivity contribution >= 4 is 18.0 Å². The molecule has 0 aliphatic carbocycles. The lowest BCUT2D eigenvalue weighted by Gasteiger charge is -2.25. The Morgan fingerprint density at radius 1 is 1.24 bits per heavy atom. The van der Waals surface area contributed by atoms with E-state index in [4.69, 9.17) is 9.84 Å². The predicted molar refractivity (Wildman–Crippen MR) is 77.9 cm³/mol. The molecule has 1 atom stereocenters. The average Bonchev–Trinajstić information content (AvgIpc) is 2.24. The molecule has 0 aliphatic rings. The normalized spacial score (nSPS) is 12.7. The van der Waals surface area contributed by atoms with Gasteiger partial charge in [-0.25, -0.2) is 9.59 Å². The SMILES string of the molecule is CC(C)C[C@H](NC(=O)CN(C)C(=O)OC(C)(C)C)C(=O)O. The molecule has 2 amide bonds. The molecule has 2 N–H and O–H groups in total. The molecule has 0 aromatic carbocycles. The fourth-order valence-corrected chi connectivity index (χ4v) is 1.55. The molecule has 0 unspecified atom stereocenters. The summed E-state index contributed by atoms with van der Waals surface area (Å²) in [6.45, 7) is 8.66. The van der Waals surface area contributed by atoms with Crippen LogP contribution in [0.1, 0.15) is 41.0 Å². The molecule has 0 aromatic rings. The summed E-state index contributed by atoms with van der Waals surface area (Å²) in [5.41, 5.74) is -0.650. The lowest BCUT2D eigenvalue weighted by Crippen LogP contribution is -2.47. The number of aliphatic carboxylic acids is 1. The van der Waals surface area contributed by atoms with Crippen molar-refractivity contribution in [2.75, 3.05) is 13.6 Å². The van der Waals surface area contributed by atoms with Gasteiger partial charge in [-0.05, 0) is 33.1 Å². The lowest BCUT2D eigenvalue weighted by molar-refractivity contribution is -0.142. The number of hydrogen-bond acceptors (Lipinski definition) is 4. The molecule has 0 aromatic heterocycles. The van der Waals surface area contributed by atoms with E-state index in [0.717, 1.165) is 4.90 Å². The molecule has 122 valence electrons. The second kappa shape index (κ2) is 7.85. The molecular weight excluding hydrogens is 276 g/mol. The molecule has 0 bridgehead atoms. The minimum Gasteiger partial charge on any atom is -0.480 e. The predicted octanol–water partition coefficient (Wildman–Crippen LogP) is 1.47. The van der Waals surface area contributed by atoms with E-state index in [9.17, 15) is 14.4 Å². The van der Waals surface area contributed by atoms with Crippen LogP contribution in [0.4, 0.5) is 4.79 Å². The van der Waals surface area contributed by atoms with Gasteiger partial charge in [0.15, 0.2) is 0 Å². The van der Waals surface area contributed by atoms with Gasteiger partial charge in [0, 0.05) is 7.05 Å². The zero-order chi connectivity index (χ0) is 16.8. The van der Waals surface area contributed by atoms with Crippen molar-refractivity contribution in [1.29, 1.82) is 0 Å². The van der Waals surface area contributed by atoms with Crippen LogP contribution in [0.15, 0.2) is 0 Å². The molecule has 0 spiro atoms. The van der Waals surface area contributed by atoms with Crippen molar-refractivity contribution in [2.45, 2.75) is 52.7 Å². The first-order chi connectivity index (χ1) is 9.42. The highest BCUT2D eigenvalue weighted by Gasteiger charge is 2.24. The highest BCUT2D eigenvalue weighted by Crippen LogP contribution is 2.09. The van der Waals surface area contributed by atoms with E-state index in [1.807, 2.05) is 13.8 Å². The summed E-state index contributed by atoms with van der Waals surface area (Å²) in [5.74, 6) is -1.48. The molecule has 0 heterocycles. The molecule has 0 rings (SSSR count). The van der Waals surface area contributed by atoms with Gasteiger partial charge in [0.25, 0.3) is 0 Å². The monoisotopic (exact) mass is 302 g/mol. The second-order valence-electron chi connectivity index (χ2n) is 6.42. The van der Waals surface area contributed by atoms with E-state index in [2.05, 4.69) is 5.32 Å². The quantitative estimate of drug-likeness (QED) is 0.774. The number of nitrogens with one attached hydrogen (secondary N) is 1. The van der Waals surface area contributed by atoms with Gasteiger partial charge in [-0.1, -0.05) is 13.8 Å². The molecule has 0 aliphatic heterocycles. The van der Waals surface area contributed by atoms with Crippen molar-refractivity contribution in [3.8, 4) is 0 Å². The molecule has 21 heavy (non-hydrogen) atoms. The summed E-state index contributed by atoms with van der Waals surface area (Å²) in [6.07, 6.45) is -0.301. The molecule has 7 heteroatoms. The molecule has 0 fully saturated rings. The summed E-state index contributed by atoms with van der Waals surface area (Å²) in [6, 6.07) is -0.954. The Hall–Kier alpha value is -1.79. The smallest absolute Gasteiger partial charge is 0.410 e. The summed E-state index contributed by atoms with van der Waals surface area (Å²) in [4.78, 5) is 35.7. The maximum absolute atomic E-state index is 11.8. The van der Waals surface area contributed by atoms with Gasteiger partial charge < -0.3 is 20.1 Å². The van der Waals surface area contributed by atoms with E-state index in [1.165, 1.54) is 7.05 Å². The van der Waals surface area contributed by atoms with Crippen molar-refractivity contribution in [2.24, 2.45) is 5.92 Å². The fraction of sp³-hybridized carbons (Fsp3) is 0.786. The Morgan fingerprint density at radius 3 is 2.14 bits per heavy atom. The van der Waals surface area contributed by atoms with E-state index in [0.29, 0.717) is 6.42 Å². The van der Waals surface area contributed by atoms with E-state index >= 15 is 0 Å². The zero-order valence-electron chi connectivity index (χ0n) is 13.6. The molecule has 0 radical (unpaired) electrons. The van der Waals surface area contributed by atoms with Crippen molar-refractivity contribution in [3.05, 3.63) is 0 Å². The van der Waals surface area contributed by atoms with Crippen LogP contribution >= 0.6 is 0 Å². The Labute approximate surface area is 125 Å². The average molecular weight is 302 g/mol. The van der Waals surface area contributed by atoms with Gasteiger partial charge in [0.1, 0.15) is 18.2 Å². The first-order valence-corrected chi connectivity index (χ1v) is 6.88. The third-order valence-electron chi connectivity index (χ3n) is 2.43. The van der Waals surface area contributed by atoms with Crippen molar-refractivity contribution in [1.82, 2.24) is 10.2 Å². The Kier molecular flexibility index (Phi) is 7.18. The number of carboxylic acids is 1. The minimum absolute atomic E-state index is 0.134. The Balaban J connectivity index is 4.46. The van der Waals surface area contributed by atoms with Gasteiger partial charge in [-0.2, -0.15) is 0 Å². The zero-order valence-corrected chi connectivity index (χ0v) is 13.6. The van der Waals surface area contributed by atoms with E-state index in [1.54, 1.807) is 20.8 Å². The number of carbonyl (C=O) groups is 3. The third-order valence-corrected chi connectivity index (χ3v) is 2.43. The maximum Gasteiger partial charge on any atom is 0.410 e. The van der Waals surface area contributed by atoms with Crippen molar-refractivity contribution < 1.29 is 24.2 Å². The summed E-state index contributed by atoms with van der Waals surface area (Å²) in [5, 5.41) is 11.5. The minimum atomic E-state index is -1.09. The van der Waals surface area contributed by atoms with E-state index in [-0.39, 0.29) is 12.5 Å². The highest BCUT2D eigenvalue weighted by atomic mass is 16.6. The number of nitrogens with zero attached hydrogens (tertiary/aromatic N) is 1. The lowest BCUT2D eigenvalue weighted by atomic mass is 10.0. The van der Waals surface area contributed by atoms with Crippen LogP contribution in [0.2, 0.25) is 0 Å². The van der Waals surface area contributed by atoms with Crippen LogP contribution in [0, 0.1) is 5.92 Å². The van der Waals surface area contributed by atoms with Crippen LogP contribution in [-0.2, 0) is 14.3 Å². The maximum atomic E-state index is 11.8. The third kappa shape index (κ3) is 8.88. The molecule has 0 saturated heterocycles. The van der Waals surface area contributed by atoms with Crippen LogP contribution in [-0.4, -0.2) is 53.2 Å². The molecule has 7 nitrogen and oxygen atoms in total. The number of likely N-dealkylation sites (N-methyl/N-ethyl adjacent to an activating group) is 1. The summed E-state index contributed by atoms with van der Waals surface area (Å²) >= 11 is 0. The van der Waals surface area contributed by atoms with Crippen LogP contribution in [0.25, 0.3) is 0 Å². The second-order valence-corrected chi connectivity index (χ2v) is 6.42. The number of ether oxygens (including phenoxy) is 1. The Bertz CT molecular complexity index is 387. The highest BCUT2D eigenvalue weighted by molar-refractivity contribution is 5.86. The largest absolute Gasteiger partial charge is 0.480 e. The van der Waals surface area contributed by atoms with Gasteiger partial charge in [0.2, 0.25) is 5.91 Å². The number of carbonyl (C=O) groups excluding carboxylic acids is 2. The van der Waals surface area contributed by atoms with Gasteiger partial charge in [-0.3, -0.25) is 4.79 Å². The first-order valence-electron chi connectivity index (χ1n) is 6.88.